The number of ether oxygens (including phenoxy) is 1. The Labute approximate surface area is 122 Å². The first-order valence-corrected chi connectivity index (χ1v) is 6.74. The van der Waals surface area contributed by atoms with E-state index in [0.29, 0.717) is 23.7 Å². The molecular formula is C14H16ClNO4. The zero-order valence-electron chi connectivity index (χ0n) is 11.1. The number of benzene rings is 1. The zero-order chi connectivity index (χ0) is 14.7. The minimum atomic E-state index is -0.858. The summed E-state index contributed by atoms with van der Waals surface area (Å²) in [5, 5.41) is 9.35. The van der Waals surface area contributed by atoms with Crippen molar-refractivity contribution in [2.24, 2.45) is 5.92 Å². The number of hydrogen-bond donors (Lipinski definition) is 1. The van der Waals surface area contributed by atoms with Crippen LogP contribution in [0.5, 0.6) is 5.75 Å². The quantitative estimate of drug-likeness (QED) is 0.922. The molecule has 1 fully saturated rings. The molecule has 20 heavy (non-hydrogen) atoms. The van der Waals surface area contributed by atoms with E-state index >= 15 is 0 Å². The molecule has 1 aromatic carbocycles. The Hall–Kier alpha value is -1.75. The molecule has 0 spiro atoms. The number of carbonyl (C=O) groups excluding carboxylic acids is 1. The molecule has 108 valence electrons. The fraction of sp³-hybridized carbons (Fsp3) is 0.429. The highest BCUT2D eigenvalue weighted by molar-refractivity contribution is 6.32. The summed E-state index contributed by atoms with van der Waals surface area (Å²) < 4.78 is 5.42. The van der Waals surface area contributed by atoms with Gasteiger partial charge in [-0.3, -0.25) is 9.59 Å². The van der Waals surface area contributed by atoms with Crippen molar-refractivity contribution in [2.45, 2.75) is 13.3 Å². The highest BCUT2D eigenvalue weighted by atomic mass is 35.5. The lowest BCUT2D eigenvalue weighted by molar-refractivity contribution is -0.141. The number of carboxylic acids is 1. The topological polar surface area (TPSA) is 66.8 Å². The summed E-state index contributed by atoms with van der Waals surface area (Å²) in [4.78, 5) is 24.3. The molecule has 0 radical (unpaired) electrons. The number of amides is 1. The Bertz CT molecular complexity index is 532. The second-order valence-electron chi connectivity index (χ2n) is 4.89. The number of hydrogen-bond acceptors (Lipinski definition) is 3. The molecule has 0 aromatic heterocycles. The van der Waals surface area contributed by atoms with Crippen LogP contribution in [0.4, 0.5) is 0 Å². The molecule has 2 rings (SSSR count). The van der Waals surface area contributed by atoms with Crippen molar-refractivity contribution in [1.29, 1.82) is 0 Å². The van der Waals surface area contributed by atoms with Gasteiger partial charge in [0.05, 0.1) is 10.9 Å². The van der Waals surface area contributed by atoms with Gasteiger partial charge in [0.1, 0.15) is 5.75 Å². The van der Waals surface area contributed by atoms with Gasteiger partial charge in [-0.05, 0) is 31.0 Å². The molecule has 1 aromatic rings. The molecule has 1 amide bonds. The van der Waals surface area contributed by atoms with E-state index in [1.165, 1.54) is 4.90 Å². The van der Waals surface area contributed by atoms with Crippen molar-refractivity contribution >= 4 is 23.5 Å². The molecule has 1 aliphatic heterocycles. The first-order valence-electron chi connectivity index (χ1n) is 6.37. The fourth-order valence-corrected chi connectivity index (χ4v) is 2.31. The van der Waals surface area contributed by atoms with Crippen molar-refractivity contribution in [2.75, 3.05) is 19.7 Å². The van der Waals surface area contributed by atoms with Crippen molar-refractivity contribution in [3.63, 3.8) is 0 Å². The van der Waals surface area contributed by atoms with Crippen LogP contribution in [0.15, 0.2) is 18.2 Å². The first kappa shape index (κ1) is 14.7. The van der Waals surface area contributed by atoms with Crippen LogP contribution >= 0.6 is 11.6 Å². The number of rotatable bonds is 4. The number of carbonyl (C=O) groups is 2. The van der Waals surface area contributed by atoms with Gasteiger partial charge in [-0.1, -0.05) is 17.7 Å². The molecule has 6 heteroatoms. The van der Waals surface area contributed by atoms with E-state index in [1.54, 1.807) is 12.1 Å². The number of nitrogens with zero attached hydrogens (tertiary/aromatic N) is 1. The van der Waals surface area contributed by atoms with Crippen LogP contribution in [-0.4, -0.2) is 41.6 Å². The molecule has 1 heterocycles. The van der Waals surface area contributed by atoms with Gasteiger partial charge in [-0.25, -0.2) is 0 Å². The van der Waals surface area contributed by atoms with Crippen molar-refractivity contribution in [1.82, 2.24) is 4.90 Å². The van der Waals surface area contributed by atoms with E-state index in [4.69, 9.17) is 21.4 Å². The summed E-state index contributed by atoms with van der Waals surface area (Å²) in [6.45, 7) is 2.48. The van der Waals surface area contributed by atoms with Gasteiger partial charge >= 0.3 is 5.97 Å². The number of aliphatic carboxylic acids is 1. The second-order valence-corrected chi connectivity index (χ2v) is 5.29. The summed E-state index contributed by atoms with van der Waals surface area (Å²) in [5.41, 5.74) is 0.990. The molecule has 0 bridgehead atoms. The van der Waals surface area contributed by atoms with Crippen LogP contribution in [0.25, 0.3) is 0 Å². The Morgan fingerprint density at radius 3 is 2.90 bits per heavy atom. The molecule has 1 N–H and O–H groups in total. The summed E-state index contributed by atoms with van der Waals surface area (Å²) >= 11 is 5.98. The average molecular weight is 298 g/mol. The zero-order valence-corrected chi connectivity index (χ0v) is 11.9. The Balaban J connectivity index is 1.90. The molecule has 1 saturated heterocycles. The number of carboxylic acid groups (broad SMARTS) is 1. The molecule has 1 atom stereocenters. The monoisotopic (exact) mass is 297 g/mol. The fourth-order valence-electron chi connectivity index (χ4n) is 2.14. The van der Waals surface area contributed by atoms with Gasteiger partial charge in [-0.2, -0.15) is 0 Å². The van der Waals surface area contributed by atoms with Crippen LogP contribution in [0.1, 0.15) is 12.0 Å². The lowest BCUT2D eigenvalue weighted by Gasteiger charge is -2.16. The second kappa shape index (κ2) is 6.13. The third kappa shape index (κ3) is 3.42. The SMILES string of the molecule is Cc1ccc(Cl)c(OCC(=O)N2CCC(C(=O)O)C2)c1. The van der Waals surface area contributed by atoms with Gasteiger partial charge in [0.15, 0.2) is 6.61 Å². The standard InChI is InChI=1S/C14H16ClNO4/c1-9-2-3-11(15)12(6-9)20-8-13(17)16-5-4-10(7-16)14(18)19/h2-3,6,10H,4-5,7-8H2,1H3,(H,18,19). The van der Waals surface area contributed by atoms with Crippen LogP contribution in [-0.2, 0) is 9.59 Å². The maximum atomic E-state index is 11.9. The highest BCUT2D eigenvalue weighted by Gasteiger charge is 2.30. The van der Waals surface area contributed by atoms with Crippen molar-refractivity contribution in [3.8, 4) is 5.75 Å². The predicted molar refractivity (Wildman–Crippen MR) is 74.0 cm³/mol. The number of aryl methyl sites for hydroxylation is 1. The largest absolute Gasteiger partial charge is 0.482 e. The number of halogens is 1. The lowest BCUT2D eigenvalue weighted by Crippen LogP contribution is -2.33. The summed E-state index contributed by atoms with van der Waals surface area (Å²) in [6, 6.07) is 5.33. The minimum absolute atomic E-state index is 0.129. The predicted octanol–water partition coefficient (Wildman–Crippen LogP) is 1.96. The minimum Gasteiger partial charge on any atom is -0.482 e. The van der Waals surface area contributed by atoms with Crippen molar-refractivity contribution in [3.05, 3.63) is 28.8 Å². The highest BCUT2D eigenvalue weighted by Crippen LogP contribution is 2.25. The van der Waals surface area contributed by atoms with Gasteiger partial charge in [-0.15, -0.1) is 0 Å². The van der Waals surface area contributed by atoms with Crippen LogP contribution in [0.2, 0.25) is 5.02 Å². The summed E-state index contributed by atoms with van der Waals surface area (Å²) in [7, 11) is 0. The summed E-state index contributed by atoms with van der Waals surface area (Å²) in [6.07, 6.45) is 0.492. The average Bonchev–Trinajstić information content (AvgIpc) is 2.89. The molecular weight excluding hydrogens is 282 g/mol. The normalized spacial score (nSPS) is 18.1. The third-order valence-corrected chi connectivity index (χ3v) is 3.64. The molecule has 0 saturated carbocycles. The first-order chi connectivity index (χ1) is 9.47. The molecule has 0 aliphatic carbocycles. The van der Waals surface area contributed by atoms with E-state index in [1.807, 2.05) is 13.0 Å². The lowest BCUT2D eigenvalue weighted by atomic mass is 10.1. The van der Waals surface area contributed by atoms with Gasteiger partial charge < -0.3 is 14.7 Å². The summed E-state index contributed by atoms with van der Waals surface area (Å²) in [5.74, 6) is -1.08. The maximum Gasteiger partial charge on any atom is 0.308 e. The van der Waals surface area contributed by atoms with Crippen LogP contribution < -0.4 is 4.74 Å². The molecule has 1 aliphatic rings. The van der Waals surface area contributed by atoms with E-state index in [0.717, 1.165) is 5.56 Å². The Kier molecular flexibility index (Phi) is 4.49. The van der Waals surface area contributed by atoms with Gasteiger partial charge in [0.25, 0.3) is 5.91 Å². The van der Waals surface area contributed by atoms with E-state index in [-0.39, 0.29) is 19.1 Å². The van der Waals surface area contributed by atoms with Crippen LogP contribution in [0.3, 0.4) is 0 Å². The van der Waals surface area contributed by atoms with Crippen molar-refractivity contribution < 1.29 is 19.4 Å². The van der Waals surface area contributed by atoms with Gasteiger partial charge in [0, 0.05) is 13.1 Å². The Morgan fingerprint density at radius 1 is 1.50 bits per heavy atom. The van der Waals surface area contributed by atoms with E-state index < -0.39 is 11.9 Å². The number of likely N-dealkylation sites (tertiary alicyclic amines) is 1. The Morgan fingerprint density at radius 2 is 2.25 bits per heavy atom. The van der Waals surface area contributed by atoms with Crippen LogP contribution in [0, 0.1) is 12.8 Å². The van der Waals surface area contributed by atoms with Gasteiger partial charge in [0.2, 0.25) is 0 Å². The third-order valence-electron chi connectivity index (χ3n) is 3.33. The van der Waals surface area contributed by atoms with E-state index in [9.17, 15) is 9.59 Å². The maximum absolute atomic E-state index is 11.9. The smallest absolute Gasteiger partial charge is 0.308 e. The molecule has 5 nitrogen and oxygen atoms in total. The van der Waals surface area contributed by atoms with E-state index in [2.05, 4.69) is 0 Å². The molecule has 1 unspecified atom stereocenters.